The molecule has 32 heavy (non-hydrogen) atoms. The summed E-state index contributed by atoms with van der Waals surface area (Å²) in [6, 6.07) is 21.5. The number of para-hydroxylation sites is 1. The molecule has 8 nitrogen and oxygen atoms in total. The van der Waals surface area contributed by atoms with Crippen molar-refractivity contribution in [1.82, 2.24) is 15.1 Å². The smallest absolute Gasteiger partial charge is 0.357 e. The van der Waals surface area contributed by atoms with Gasteiger partial charge in [0.05, 0.1) is 19.1 Å². The molecule has 0 saturated heterocycles. The fourth-order valence-corrected chi connectivity index (χ4v) is 3.04. The summed E-state index contributed by atoms with van der Waals surface area (Å²) in [7, 11) is 1.59. The van der Waals surface area contributed by atoms with E-state index in [1.807, 2.05) is 54.6 Å². The summed E-state index contributed by atoms with van der Waals surface area (Å²) in [6.07, 6.45) is 1.53. The van der Waals surface area contributed by atoms with Gasteiger partial charge in [0.1, 0.15) is 11.4 Å². The highest BCUT2D eigenvalue weighted by Crippen LogP contribution is 2.22. The highest BCUT2D eigenvalue weighted by molar-refractivity contribution is 5.91. The summed E-state index contributed by atoms with van der Waals surface area (Å²) in [5.74, 6) is 0.175. The topological polar surface area (TPSA) is 95.6 Å². The van der Waals surface area contributed by atoms with Gasteiger partial charge in [0.25, 0.3) is 5.91 Å². The Morgan fingerprint density at radius 3 is 2.50 bits per heavy atom. The number of ether oxygens (including phenoxy) is 2. The second-order valence-electron chi connectivity index (χ2n) is 6.84. The normalized spacial score (nSPS) is 10.5. The van der Waals surface area contributed by atoms with Crippen LogP contribution in [0.25, 0.3) is 17.1 Å². The van der Waals surface area contributed by atoms with Crippen molar-refractivity contribution in [2.24, 2.45) is 0 Å². The molecule has 0 aliphatic rings. The van der Waals surface area contributed by atoms with Gasteiger partial charge in [-0.1, -0.05) is 30.3 Å². The molecule has 0 saturated carbocycles. The summed E-state index contributed by atoms with van der Waals surface area (Å²) in [5, 5.41) is 7.20. The Morgan fingerprint density at radius 1 is 1.03 bits per heavy atom. The molecule has 0 unspecified atom stereocenters. The zero-order valence-corrected chi connectivity index (χ0v) is 17.4. The van der Waals surface area contributed by atoms with Crippen LogP contribution in [0.4, 0.5) is 0 Å². The zero-order valence-electron chi connectivity index (χ0n) is 17.4. The minimum Gasteiger partial charge on any atom is -0.497 e. The molecule has 2 aromatic carbocycles. The van der Waals surface area contributed by atoms with Crippen molar-refractivity contribution < 1.29 is 23.5 Å². The van der Waals surface area contributed by atoms with Crippen molar-refractivity contribution in [3.8, 4) is 22.9 Å². The van der Waals surface area contributed by atoms with Crippen LogP contribution in [0.15, 0.2) is 83.5 Å². The number of rotatable bonds is 8. The van der Waals surface area contributed by atoms with Gasteiger partial charge in [0.2, 0.25) is 0 Å². The highest BCUT2D eigenvalue weighted by Gasteiger charge is 2.20. The standard InChI is InChI=1S/C24H21N3O5/c1-30-19-11-9-17(10-12-19)15-25-23(28)16-32-24(29)21-14-20(22-8-5-13-31-22)26-27(21)18-6-3-2-4-7-18/h2-14H,15-16H2,1H3,(H,25,28). The van der Waals surface area contributed by atoms with E-state index in [1.165, 1.54) is 10.9 Å². The van der Waals surface area contributed by atoms with E-state index in [2.05, 4.69) is 10.4 Å². The first-order chi connectivity index (χ1) is 15.6. The number of carbonyl (C=O) groups is 2. The fraction of sp³-hybridized carbons (Fsp3) is 0.125. The number of methoxy groups -OCH3 is 1. The van der Waals surface area contributed by atoms with Gasteiger partial charge in [0, 0.05) is 12.6 Å². The van der Waals surface area contributed by atoms with E-state index < -0.39 is 18.5 Å². The summed E-state index contributed by atoms with van der Waals surface area (Å²) >= 11 is 0. The van der Waals surface area contributed by atoms with Crippen molar-refractivity contribution in [1.29, 1.82) is 0 Å². The SMILES string of the molecule is COc1ccc(CNC(=O)COC(=O)c2cc(-c3ccco3)nn2-c2ccccc2)cc1. The average molecular weight is 431 g/mol. The van der Waals surface area contributed by atoms with Crippen molar-refractivity contribution in [2.45, 2.75) is 6.54 Å². The number of hydrogen-bond donors (Lipinski definition) is 1. The fourth-order valence-electron chi connectivity index (χ4n) is 3.04. The van der Waals surface area contributed by atoms with Gasteiger partial charge in [-0.25, -0.2) is 9.48 Å². The van der Waals surface area contributed by atoms with E-state index in [9.17, 15) is 9.59 Å². The second kappa shape index (κ2) is 9.65. The Kier molecular flexibility index (Phi) is 6.31. The van der Waals surface area contributed by atoms with Crippen LogP contribution in [0.3, 0.4) is 0 Å². The Hall–Kier alpha value is -4.33. The molecule has 8 heteroatoms. The lowest BCUT2D eigenvalue weighted by Crippen LogP contribution is -2.28. The summed E-state index contributed by atoms with van der Waals surface area (Å²) in [6.45, 7) is -0.101. The molecule has 0 fully saturated rings. The third-order valence-corrected chi connectivity index (χ3v) is 4.68. The first-order valence-corrected chi connectivity index (χ1v) is 9.90. The third kappa shape index (κ3) is 4.86. The molecule has 1 N–H and O–H groups in total. The number of amides is 1. The molecule has 4 aromatic rings. The number of nitrogens with zero attached hydrogens (tertiary/aromatic N) is 2. The van der Waals surface area contributed by atoms with Crippen molar-refractivity contribution in [3.05, 3.63) is 90.3 Å². The zero-order chi connectivity index (χ0) is 22.3. The van der Waals surface area contributed by atoms with E-state index in [4.69, 9.17) is 13.9 Å². The minimum absolute atomic E-state index is 0.186. The van der Waals surface area contributed by atoms with Gasteiger partial charge in [-0.05, 0) is 42.0 Å². The van der Waals surface area contributed by atoms with Crippen LogP contribution in [0, 0.1) is 0 Å². The number of benzene rings is 2. The Bertz CT molecular complexity index is 1180. The molecule has 0 bridgehead atoms. The summed E-state index contributed by atoms with van der Waals surface area (Å²) in [4.78, 5) is 24.9. The van der Waals surface area contributed by atoms with E-state index in [0.717, 1.165) is 11.3 Å². The molecular formula is C24H21N3O5. The van der Waals surface area contributed by atoms with Crippen LogP contribution >= 0.6 is 0 Å². The summed E-state index contributed by atoms with van der Waals surface area (Å²) < 4.78 is 17.2. The molecule has 0 aliphatic carbocycles. The quantitative estimate of drug-likeness (QED) is 0.428. The number of carbonyl (C=O) groups excluding carboxylic acids is 2. The predicted molar refractivity (Wildman–Crippen MR) is 116 cm³/mol. The Labute approximate surface area is 184 Å². The molecular weight excluding hydrogens is 410 g/mol. The van der Waals surface area contributed by atoms with Crippen LogP contribution < -0.4 is 10.1 Å². The molecule has 2 heterocycles. The lowest BCUT2D eigenvalue weighted by atomic mass is 10.2. The summed E-state index contributed by atoms with van der Waals surface area (Å²) in [5.41, 5.74) is 2.25. The Balaban J connectivity index is 1.42. The van der Waals surface area contributed by atoms with Gasteiger partial charge < -0.3 is 19.2 Å². The van der Waals surface area contributed by atoms with Gasteiger partial charge >= 0.3 is 5.97 Å². The van der Waals surface area contributed by atoms with Crippen molar-refractivity contribution in [3.63, 3.8) is 0 Å². The number of furan rings is 1. The maximum Gasteiger partial charge on any atom is 0.357 e. The molecule has 2 aromatic heterocycles. The Morgan fingerprint density at radius 2 is 1.81 bits per heavy atom. The van der Waals surface area contributed by atoms with E-state index >= 15 is 0 Å². The number of hydrogen-bond acceptors (Lipinski definition) is 6. The largest absolute Gasteiger partial charge is 0.497 e. The highest BCUT2D eigenvalue weighted by atomic mass is 16.5. The lowest BCUT2D eigenvalue weighted by molar-refractivity contribution is -0.124. The third-order valence-electron chi connectivity index (χ3n) is 4.68. The molecule has 0 spiro atoms. The van der Waals surface area contributed by atoms with Gasteiger partial charge in [-0.2, -0.15) is 5.10 Å². The number of esters is 1. The van der Waals surface area contributed by atoms with E-state index in [1.54, 1.807) is 25.3 Å². The average Bonchev–Trinajstić information content (AvgIpc) is 3.52. The molecule has 162 valence electrons. The van der Waals surface area contributed by atoms with Gasteiger partial charge in [0.15, 0.2) is 18.1 Å². The van der Waals surface area contributed by atoms with Crippen molar-refractivity contribution >= 4 is 11.9 Å². The molecule has 0 radical (unpaired) electrons. The van der Waals surface area contributed by atoms with Crippen LogP contribution in [0.2, 0.25) is 0 Å². The molecule has 4 rings (SSSR count). The van der Waals surface area contributed by atoms with E-state index in [0.29, 0.717) is 23.7 Å². The first-order valence-electron chi connectivity index (χ1n) is 9.90. The maximum absolute atomic E-state index is 12.8. The van der Waals surface area contributed by atoms with Crippen molar-refractivity contribution in [2.75, 3.05) is 13.7 Å². The first kappa shape index (κ1) is 20.9. The number of nitrogens with one attached hydrogen (secondary N) is 1. The minimum atomic E-state index is -0.668. The lowest BCUT2D eigenvalue weighted by Gasteiger charge is -2.09. The molecule has 0 atom stereocenters. The molecule has 1 amide bonds. The molecule has 0 aliphatic heterocycles. The van der Waals surface area contributed by atoms with Crippen LogP contribution in [-0.4, -0.2) is 35.4 Å². The monoisotopic (exact) mass is 431 g/mol. The predicted octanol–water partition coefficient (Wildman–Crippen LogP) is 3.61. The van der Waals surface area contributed by atoms with E-state index in [-0.39, 0.29) is 5.69 Å². The van der Waals surface area contributed by atoms with Crippen LogP contribution in [-0.2, 0) is 16.1 Å². The second-order valence-corrected chi connectivity index (χ2v) is 6.84. The number of aromatic nitrogens is 2. The maximum atomic E-state index is 12.8. The van der Waals surface area contributed by atoms with Crippen LogP contribution in [0.5, 0.6) is 5.75 Å². The van der Waals surface area contributed by atoms with Gasteiger partial charge in [-0.3, -0.25) is 4.79 Å². The van der Waals surface area contributed by atoms with Crippen LogP contribution in [0.1, 0.15) is 16.1 Å². The van der Waals surface area contributed by atoms with Gasteiger partial charge in [-0.15, -0.1) is 0 Å².